The molecule has 3 aliphatic heterocycles. The fourth-order valence-electron chi connectivity index (χ4n) is 5.34. The first-order valence-electron chi connectivity index (χ1n) is 10.7. The van der Waals surface area contributed by atoms with E-state index in [4.69, 9.17) is 5.11 Å². The number of aliphatic carboxylic acids is 1. The molecule has 8 heteroatoms. The number of nitrogens with one attached hydrogen (secondary N) is 2. The molecule has 2 saturated heterocycles. The number of piperazine rings is 1. The Labute approximate surface area is 174 Å². The van der Waals surface area contributed by atoms with Crippen molar-refractivity contribution in [2.75, 3.05) is 13.1 Å². The summed E-state index contributed by atoms with van der Waals surface area (Å²) in [6, 6.07) is 6.22. The average molecular weight is 410 g/mol. The maximum Gasteiger partial charge on any atom is 0.320 e. The first kappa shape index (κ1) is 19.1. The minimum absolute atomic E-state index is 0.0256. The van der Waals surface area contributed by atoms with Crippen LogP contribution in [0.3, 0.4) is 0 Å². The van der Waals surface area contributed by atoms with Crippen molar-refractivity contribution in [3.8, 4) is 0 Å². The summed E-state index contributed by atoms with van der Waals surface area (Å²) in [6.07, 6.45) is 2.63. The molecule has 5 rings (SSSR count). The van der Waals surface area contributed by atoms with E-state index in [1.165, 1.54) is 0 Å². The lowest BCUT2D eigenvalue weighted by Gasteiger charge is -2.48. The third kappa shape index (κ3) is 2.81. The van der Waals surface area contributed by atoms with Gasteiger partial charge < -0.3 is 25.2 Å². The van der Waals surface area contributed by atoms with Crippen LogP contribution in [0.5, 0.6) is 0 Å². The summed E-state index contributed by atoms with van der Waals surface area (Å²) in [7, 11) is 0. The van der Waals surface area contributed by atoms with Crippen LogP contribution in [0.4, 0.5) is 0 Å². The van der Waals surface area contributed by atoms with Gasteiger partial charge in [0.1, 0.15) is 18.1 Å². The molecule has 0 bridgehead atoms. The van der Waals surface area contributed by atoms with Gasteiger partial charge in [0.15, 0.2) is 0 Å². The highest BCUT2D eigenvalue weighted by Crippen LogP contribution is 2.42. The fourth-order valence-corrected chi connectivity index (χ4v) is 5.34. The van der Waals surface area contributed by atoms with E-state index in [0.717, 1.165) is 28.6 Å². The van der Waals surface area contributed by atoms with Crippen molar-refractivity contribution in [3.63, 3.8) is 0 Å². The number of hydrogen-bond donors (Lipinski definition) is 3. The van der Waals surface area contributed by atoms with Gasteiger partial charge >= 0.3 is 5.97 Å². The van der Waals surface area contributed by atoms with Gasteiger partial charge in [-0.2, -0.15) is 0 Å². The molecule has 2 fully saturated rings. The quantitative estimate of drug-likeness (QED) is 0.691. The molecule has 1 aromatic heterocycles. The van der Waals surface area contributed by atoms with Crippen molar-refractivity contribution < 1.29 is 19.5 Å². The molecule has 158 valence electrons. The molecule has 3 aliphatic rings. The number of carbonyl (C=O) groups excluding carboxylic acids is 2. The summed E-state index contributed by atoms with van der Waals surface area (Å²) in [6.45, 7) is 2.70. The molecule has 0 spiro atoms. The highest BCUT2D eigenvalue weighted by molar-refractivity contribution is 5.99. The number of carboxylic acids is 1. The molecule has 2 amide bonds. The summed E-state index contributed by atoms with van der Waals surface area (Å²) < 4.78 is 0. The minimum Gasteiger partial charge on any atom is -0.480 e. The van der Waals surface area contributed by atoms with Gasteiger partial charge in [0.25, 0.3) is 0 Å². The topological polar surface area (TPSA) is 106 Å². The zero-order valence-corrected chi connectivity index (χ0v) is 16.9. The third-order valence-corrected chi connectivity index (χ3v) is 6.85. The number of carboxylic acid groups (broad SMARTS) is 1. The molecular formula is C22H26N4O4. The standard InChI is InChI=1S/C22H26N4O4/c1-12(22(29)30)23-9-8-16-19-14(13-5-2-3-6-15(13)24-19)11-18-20(27)25-10-4-7-17(25)21(28)26(16)18/h2-3,5-6,12,16-18,23-24H,4,7-11H2,1H3,(H,29,30)/t12-,16+,17+,18+/m1/s1. The maximum atomic E-state index is 13.4. The van der Waals surface area contributed by atoms with Crippen molar-refractivity contribution in [2.45, 2.75) is 56.8 Å². The lowest BCUT2D eigenvalue weighted by atomic mass is 9.86. The van der Waals surface area contributed by atoms with Crippen LogP contribution in [-0.4, -0.2) is 68.9 Å². The normalized spacial score (nSPS) is 26.5. The second-order valence-corrected chi connectivity index (χ2v) is 8.54. The summed E-state index contributed by atoms with van der Waals surface area (Å²) in [4.78, 5) is 44.9. The molecule has 30 heavy (non-hydrogen) atoms. The summed E-state index contributed by atoms with van der Waals surface area (Å²) in [5, 5.41) is 13.3. The lowest BCUT2D eigenvalue weighted by molar-refractivity contribution is -0.163. The van der Waals surface area contributed by atoms with E-state index in [-0.39, 0.29) is 23.9 Å². The van der Waals surface area contributed by atoms with E-state index < -0.39 is 18.1 Å². The highest BCUT2D eigenvalue weighted by Gasteiger charge is 2.52. The molecule has 3 N–H and O–H groups in total. The Morgan fingerprint density at radius 3 is 2.87 bits per heavy atom. The van der Waals surface area contributed by atoms with Crippen molar-refractivity contribution in [1.29, 1.82) is 0 Å². The molecule has 8 nitrogen and oxygen atoms in total. The van der Waals surface area contributed by atoms with Crippen molar-refractivity contribution in [3.05, 3.63) is 35.5 Å². The van der Waals surface area contributed by atoms with E-state index in [1.807, 2.05) is 18.2 Å². The van der Waals surface area contributed by atoms with Gasteiger partial charge in [0.2, 0.25) is 11.8 Å². The number of rotatable bonds is 5. The Morgan fingerprint density at radius 2 is 2.07 bits per heavy atom. The Bertz CT molecular complexity index is 1030. The van der Waals surface area contributed by atoms with E-state index in [1.54, 1.807) is 16.7 Å². The molecule has 2 aromatic rings. The van der Waals surface area contributed by atoms with Crippen LogP contribution in [0.1, 0.15) is 43.5 Å². The van der Waals surface area contributed by atoms with E-state index >= 15 is 0 Å². The summed E-state index contributed by atoms with van der Waals surface area (Å²) in [5.41, 5.74) is 3.08. The van der Waals surface area contributed by atoms with Crippen LogP contribution < -0.4 is 5.32 Å². The predicted molar refractivity (Wildman–Crippen MR) is 110 cm³/mol. The van der Waals surface area contributed by atoms with Crippen LogP contribution in [0.25, 0.3) is 10.9 Å². The van der Waals surface area contributed by atoms with Gasteiger partial charge in [0, 0.05) is 29.6 Å². The van der Waals surface area contributed by atoms with Gasteiger partial charge in [-0.1, -0.05) is 18.2 Å². The number of benzene rings is 1. The first-order chi connectivity index (χ1) is 14.5. The zero-order chi connectivity index (χ0) is 21.0. The lowest BCUT2D eigenvalue weighted by Crippen LogP contribution is -2.65. The number of carbonyl (C=O) groups is 3. The number of amides is 2. The second-order valence-electron chi connectivity index (χ2n) is 8.54. The maximum absolute atomic E-state index is 13.4. The molecule has 4 heterocycles. The molecule has 0 radical (unpaired) electrons. The van der Waals surface area contributed by atoms with Crippen LogP contribution in [0, 0.1) is 0 Å². The Balaban J connectivity index is 1.54. The fraction of sp³-hybridized carbons (Fsp3) is 0.500. The number of nitrogens with zero attached hydrogens (tertiary/aromatic N) is 2. The smallest absolute Gasteiger partial charge is 0.320 e. The van der Waals surface area contributed by atoms with Crippen molar-refractivity contribution in [2.24, 2.45) is 0 Å². The Kier molecular flexibility index (Phi) is 4.54. The van der Waals surface area contributed by atoms with E-state index in [2.05, 4.69) is 16.4 Å². The van der Waals surface area contributed by atoms with Gasteiger partial charge in [0.05, 0.1) is 6.04 Å². The minimum atomic E-state index is -0.909. The Hall–Kier alpha value is -2.87. The van der Waals surface area contributed by atoms with Gasteiger partial charge in [-0.3, -0.25) is 14.4 Å². The number of H-pyrrole nitrogens is 1. The Morgan fingerprint density at radius 1 is 1.27 bits per heavy atom. The van der Waals surface area contributed by atoms with Crippen LogP contribution in [-0.2, 0) is 20.8 Å². The summed E-state index contributed by atoms with van der Waals surface area (Å²) >= 11 is 0. The predicted octanol–water partition coefficient (Wildman–Crippen LogP) is 1.42. The average Bonchev–Trinajstić information content (AvgIpc) is 3.36. The van der Waals surface area contributed by atoms with Crippen molar-refractivity contribution >= 4 is 28.7 Å². The largest absolute Gasteiger partial charge is 0.480 e. The van der Waals surface area contributed by atoms with Crippen molar-refractivity contribution in [1.82, 2.24) is 20.1 Å². The molecule has 1 aromatic carbocycles. The molecular weight excluding hydrogens is 384 g/mol. The molecule has 4 atom stereocenters. The van der Waals surface area contributed by atoms with E-state index in [0.29, 0.717) is 32.4 Å². The molecule has 0 unspecified atom stereocenters. The highest BCUT2D eigenvalue weighted by atomic mass is 16.4. The van der Waals surface area contributed by atoms with Gasteiger partial charge in [-0.05, 0) is 44.4 Å². The van der Waals surface area contributed by atoms with Gasteiger partial charge in [-0.25, -0.2) is 0 Å². The zero-order valence-electron chi connectivity index (χ0n) is 16.9. The van der Waals surface area contributed by atoms with Gasteiger partial charge in [-0.15, -0.1) is 0 Å². The SMILES string of the molecule is C[C@@H](NCC[C@H]1c2[nH]c3ccccc3c2C[C@H]2C(=O)N3CCC[C@H]3C(=O)N21)C(=O)O. The van der Waals surface area contributed by atoms with Crippen LogP contribution in [0.2, 0.25) is 0 Å². The third-order valence-electron chi connectivity index (χ3n) is 6.85. The number of para-hydroxylation sites is 1. The number of fused-ring (bicyclic) bond motifs is 5. The van der Waals surface area contributed by atoms with E-state index in [9.17, 15) is 14.4 Å². The van der Waals surface area contributed by atoms with Crippen LogP contribution in [0.15, 0.2) is 24.3 Å². The molecule has 0 aliphatic carbocycles. The second kappa shape index (κ2) is 7.12. The number of aromatic amines is 1. The number of aromatic nitrogens is 1. The first-order valence-corrected chi connectivity index (χ1v) is 10.7. The number of hydrogen-bond acceptors (Lipinski definition) is 4. The summed E-state index contributed by atoms with van der Waals surface area (Å²) in [5.74, 6) is -0.837. The monoisotopic (exact) mass is 410 g/mol. The van der Waals surface area contributed by atoms with Crippen LogP contribution >= 0.6 is 0 Å². The molecule has 0 saturated carbocycles.